The van der Waals surface area contributed by atoms with E-state index in [1.165, 1.54) is 18.7 Å². The van der Waals surface area contributed by atoms with E-state index in [-0.39, 0.29) is 13.0 Å². The van der Waals surface area contributed by atoms with Crippen molar-refractivity contribution in [1.29, 1.82) is 0 Å². The molecule has 0 bridgehead atoms. The Labute approximate surface area is 161 Å². The van der Waals surface area contributed by atoms with Crippen LogP contribution < -0.4 is 10.6 Å². The molecule has 1 aliphatic heterocycles. The molecule has 0 aromatic carbocycles. The van der Waals surface area contributed by atoms with Gasteiger partial charge in [-0.15, -0.1) is 0 Å². The van der Waals surface area contributed by atoms with Crippen molar-refractivity contribution in [3.05, 3.63) is 0 Å². The van der Waals surface area contributed by atoms with Gasteiger partial charge in [-0.1, -0.05) is 0 Å². The number of amides is 3. The molecule has 27 heavy (non-hydrogen) atoms. The van der Waals surface area contributed by atoms with Crippen LogP contribution in [0.25, 0.3) is 0 Å². The van der Waals surface area contributed by atoms with E-state index in [0.717, 1.165) is 4.90 Å². The first-order valence-electron chi connectivity index (χ1n) is 8.48. The molecule has 152 valence electrons. The number of nitrogens with one attached hydrogen (secondary N) is 2. The van der Waals surface area contributed by atoms with Crippen molar-refractivity contribution in [3.8, 4) is 0 Å². The van der Waals surface area contributed by atoms with Crippen LogP contribution in [0.15, 0.2) is 0 Å². The Morgan fingerprint density at radius 3 is 2.33 bits per heavy atom. The van der Waals surface area contributed by atoms with Crippen molar-refractivity contribution in [3.63, 3.8) is 0 Å². The fourth-order valence-corrected chi connectivity index (χ4v) is 3.36. The van der Waals surface area contributed by atoms with Gasteiger partial charge in [0.1, 0.15) is 18.1 Å². The molecule has 3 amide bonds. The van der Waals surface area contributed by atoms with Crippen LogP contribution in [0.2, 0.25) is 0 Å². The van der Waals surface area contributed by atoms with E-state index in [1.54, 1.807) is 0 Å². The predicted molar refractivity (Wildman–Crippen MR) is 97.2 cm³/mol. The Kier molecular flexibility index (Phi) is 9.06. The monoisotopic (exact) mass is 403 g/mol. The number of hydrogen-bond acceptors (Lipinski definition) is 6. The van der Waals surface area contributed by atoms with Crippen molar-refractivity contribution < 1.29 is 34.2 Å². The van der Waals surface area contributed by atoms with Gasteiger partial charge in [-0.3, -0.25) is 19.2 Å². The number of rotatable bonds is 10. The number of thioether (sulfide) groups is 1. The summed E-state index contributed by atoms with van der Waals surface area (Å²) in [7, 11) is 0. The maximum Gasteiger partial charge on any atom is 0.326 e. The van der Waals surface area contributed by atoms with Gasteiger partial charge in [0.15, 0.2) is 0 Å². The summed E-state index contributed by atoms with van der Waals surface area (Å²) in [6.45, 7) is 1.43. The fraction of sp³-hybridized carbons (Fsp3) is 0.688. The molecule has 4 N–H and O–H groups in total. The second kappa shape index (κ2) is 10.8. The molecule has 0 aromatic rings. The van der Waals surface area contributed by atoms with E-state index in [2.05, 4.69) is 10.6 Å². The highest BCUT2D eigenvalue weighted by molar-refractivity contribution is 7.98. The summed E-state index contributed by atoms with van der Waals surface area (Å²) >= 11 is 1.47. The quantitative estimate of drug-likeness (QED) is 0.373. The number of likely N-dealkylation sites (tertiary alicyclic amines) is 1. The van der Waals surface area contributed by atoms with Crippen molar-refractivity contribution in [2.75, 3.05) is 18.6 Å². The molecule has 1 aliphatic rings. The Morgan fingerprint density at radius 2 is 1.81 bits per heavy atom. The van der Waals surface area contributed by atoms with Gasteiger partial charge in [0, 0.05) is 13.5 Å². The third kappa shape index (κ3) is 7.08. The molecule has 11 heteroatoms. The molecular formula is C16H25N3O7S. The maximum atomic E-state index is 12.7. The van der Waals surface area contributed by atoms with Crippen LogP contribution in [-0.4, -0.2) is 81.5 Å². The summed E-state index contributed by atoms with van der Waals surface area (Å²) in [5, 5.41) is 23.1. The molecule has 1 fully saturated rings. The summed E-state index contributed by atoms with van der Waals surface area (Å²) in [4.78, 5) is 60.0. The highest BCUT2D eigenvalue weighted by atomic mass is 32.2. The SMILES string of the molecule is CSCC[C@H](NC(C)=O)C(=O)N[C@@H](CC(=O)O)C(=O)N1CCC[C@H]1C(=O)O. The van der Waals surface area contributed by atoms with Crippen LogP contribution in [0, 0.1) is 0 Å². The van der Waals surface area contributed by atoms with Crippen LogP contribution >= 0.6 is 11.8 Å². The van der Waals surface area contributed by atoms with Crippen LogP contribution in [0.5, 0.6) is 0 Å². The van der Waals surface area contributed by atoms with E-state index in [4.69, 9.17) is 5.11 Å². The maximum absolute atomic E-state index is 12.7. The van der Waals surface area contributed by atoms with Crippen molar-refractivity contribution >= 4 is 41.4 Å². The lowest BCUT2D eigenvalue weighted by Gasteiger charge is -2.28. The highest BCUT2D eigenvalue weighted by Gasteiger charge is 2.38. The minimum Gasteiger partial charge on any atom is -0.481 e. The first-order chi connectivity index (χ1) is 12.7. The molecule has 3 atom stereocenters. The van der Waals surface area contributed by atoms with Gasteiger partial charge in [-0.25, -0.2) is 4.79 Å². The van der Waals surface area contributed by atoms with Crippen LogP contribution in [-0.2, 0) is 24.0 Å². The van der Waals surface area contributed by atoms with Crippen LogP contribution in [0.3, 0.4) is 0 Å². The van der Waals surface area contributed by atoms with Gasteiger partial charge in [0.2, 0.25) is 17.7 Å². The van der Waals surface area contributed by atoms with Gasteiger partial charge in [0.05, 0.1) is 6.42 Å². The molecule has 1 saturated heterocycles. The van der Waals surface area contributed by atoms with Gasteiger partial charge >= 0.3 is 11.9 Å². The normalized spacial score (nSPS) is 18.4. The van der Waals surface area contributed by atoms with E-state index in [0.29, 0.717) is 18.6 Å². The minimum atomic E-state index is -1.40. The first kappa shape index (κ1) is 22.7. The lowest BCUT2D eigenvalue weighted by molar-refractivity contribution is -0.150. The molecule has 0 aliphatic carbocycles. The second-order valence-corrected chi connectivity index (χ2v) is 7.21. The van der Waals surface area contributed by atoms with Crippen molar-refractivity contribution in [2.45, 2.75) is 50.7 Å². The molecular weight excluding hydrogens is 378 g/mol. The summed E-state index contributed by atoms with van der Waals surface area (Å²) in [5.74, 6) is -3.75. The molecule has 0 unspecified atom stereocenters. The fourth-order valence-electron chi connectivity index (χ4n) is 2.88. The summed E-state index contributed by atoms with van der Waals surface area (Å²) < 4.78 is 0. The van der Waals surface area contributed by atoms with Crippen molar-refractivity contribution in [1.82, 2.24) is 15.5 Å². The molecule has 10 nitrogen and oxygen atoms in total. The average Bonchev–Trinajstić information content (AvgIpc) is 3.06. The molecule has 0 saturated carbocycles. The smallest absolute Gasteiger partial charge is 0.326 e. The molecule has 1 rings (SSSR count). The zero-order chi connectivity index (χ0) is 20.6. The standard InChI is InChI=1S/C16H25N3O7S/c1-9(20)17-10(5-7-27-2)14(23)18-11(8-13(21)22)15(24)19-6-3-4-12(19)16(25)26/h10-12H,3-8H2,1-2H3,(H,17,20)(H,18,23)(H,21,22)(H,25,26)/t10-,11-,12-/m0/s1. The Hall–Kier alpha value is -2.30. The molecule has 0 aromatic heterocycles. The van der Waals surface area contributed by atoms with E-state index >= 15 is 0 Å². The number of hydrogen-bond donors (Lipinski definition) is 4. The van der Waals surface area contributed by atoms with Gasteiger partial charge < -0.3 is 25.7 Å². The van der Waals surface area contributed by atoms with Gasteiger partial charge in [-0.2, -0.15) is 11.8 Å². The van der Waals surface area contributed by atoms with Gasteiger partial charge in [-0.05, 0) is 31.3 Å². The number of carboxylic acids is 2. The lowest BCUT2D eigenvalue weighted by atomic mass is 10.1. The predicted octanol–water partition coefficient (Wildman–Crippen LogP) is -0.721. The summed E-state index contributed by atoms with van der Waals surface area (Å²) in [6, 6.07) is -3.35. The number of carbonyl (C=O) groups excluding carboxylic acids is 3. The second-order valence-electron chi connectivity index (χ2n) is 6.22. The minimum absolute atomic E-state index is 0.184. The zero-order valence-corrected chi connectivity index (χ0v) is 16.1. The first-order valence-corrected chi connectivity index (χ1v) is 9.88. The Balaban J connectivity index is 2.92. The number of carboxylic acid groups (broad SMARTS) is 2. The molecule has 0 radical (unpaired) electrons. The highest BCUT2D eigenvalue weighted by Crippen LogP contribution is 2.19. The summed E-state index contributed by atoms with van der Waals surface area (Å²) in [5.41, 5.74) is 0. The van der Waals surface area contributed by atoms with Crippen molar-refractivity contribution in [2.24, 2.45) is 0 Å². The van der Waals surface area contributed by atoms with Crippen LogP contribution in [0.4, 0.5) is 0 Å². The topological polar surface area (TPSA) is 153 Å². The third-order valence-electron chi connectivity index (χ3n) is 4.12. The molecule has 0 spiro atoms. The summed E-state index contributed by atoms with van der Waals surface area (Å²) in [6.07, 6.45) is 2.22. The van der Waals surface area contributed by atoms with E-state index in [1.807, 2.05) is 6.26 Å². The number of aliphatic carboxylic acids is 2. The zero-order valence-electron chi connectivity index (χ0n) is 15.3. The largest absolute Gasteiger partial charge is 0.481 e. The van der Waals surface area contributed by atoms with E-state index in [9.17, 15) is 29.1 Å². The number of nitrogens with zero attached hydrogens (tertiary/aromatic N) is 1. The lowest BCUT2D eigenvalue weighted by Crippen LogP contribution is -2.56. The Morgan fingerprint density at radius 1 is 1.15 bits per heavy atom. The average molecular weight is 403 g/mol. The molecule has 1 heterocycles. The third-order valence-corrected chi connectivity index (χ3v) is 4.76. The van der Waals surface area contributed by atoms with E-state index < -0.39 is 54.2 Å². The Bertz CT molecular complexity index is 599. The van der Waals surface area contributed by atoms with Gasteiger partial charge in [0.25, 0.3) is 0 Å². The number of carbonyl (C=O) groups is 5. The van der Waals surface area contributed by atoms with Crippen LogP contribution in [0.1, 0.15) is 32.6 Å².